The predicted octanol–water partition coefficient (Wildman–Crippen LogP) is 1.02. The van der Waals surface area contributed by atoms with Crippen molar-refractivity contribution in [2.75, 3.05) is 57.1 Å². The maximum atomic E-state index is 4.71. The van der Waals surface area contributed by atoms with Gasteiger partial charge in [-0.15, -0.1) is 24.8 Å². The molecule has 9 heteroatoms. The van der Waals surface area contributed by atoms with E-state index in [0.29, 0.717) is 0 Å². The van der Waals surface area contributed by atoms with Crippen molar-refractivity contribution in [3.8, 4) is 0 Å². The molecule has 0 aliphatic carbocycles. The van der Waals surface area contributed by atoms with E-state index < -0.39 is 0 Å². The van der Waals surface area contributed by atoms with Crippen LogP contribution in [0, 0.1) is 0 Å². The van der Waals surface area contributed by atoms with E-state index in [0.717, 1.165) is 49.1 Å². The van der Waals surface area contributed by atoms with Crippen molar-refractivity contribution in [3.63, 3.8) is 0 Å². The maximum absolute atomic E-state index is 4.71. The summed E-state index contributed by atoms with van der Waals surface area (Å²) in [6, 6.07) is 0. The van der Waals surface area contributed by atoms with E-state index in [4.69, 9.17) is 4.98 Å². The molecule has 3 heterocycles. The number of aryl methyl sites for hydroxylation is 1. The number of rotatable bonds is 2. The first-order valence-electron chi connectivity index (χ1n) is 6.86. The van der Waals surface area contributed by atoms with Crippen LogP contribution in [0.4, 0.5) is 11.8 Å². The molecule has 7 nitrogen and oxygen atoms in total. The Hall–Kier alpha value is -1.31. The van der Waals surface area contributed by atoms with Gasteiger partial charge in [-0.2, -0.15) is 9.97 Å². The molecule has 22 heavy (non-hydrogen) atoms. The van der Waals surface area contributed by atoms with E-state index in [9.17, 15) is 0 Å². The number of fused-ring (bicyclic) bond motifs is 1. The average Bonchev–Trinajstić information content (AvgIpc) is 2.80. The van der Waals surface area contributed by atoms with Gasteiger partial charge in [-0.25, -0.2) is 4.98 Å². The molecule has 2 aromatic heterocycles. The van der Waals surface area contributed by atoms with Gasteiger partial charge in [0.2, 0.25) is 5.95 Å². The fourth-order valence-electron chi connectivity index (χ4n) is 2.42. The lowest BCUT2D eigenvalue weighted by atomic mass is 10.3. The number of imidazole rings is 1. The Morgan fingerprint density at radius 1 is 1.00 bits per heavy atom. The van der Waals surface area contributed by atoms with Crippen molar-refractivity contribution in [1.29, 1.82) is 0 Å². The van der Waals surface area contributed by atoms with Crippen LogP contribution in [-0.2, 0) is 7.05 Å². The van der Waals surface area contributed by atoms with Crippen LogP contribution >= 0.6 is 24.8 Å². The molecule has 0 radical (unpaired) electrons. The lowest BCUT2D eigenvalue weighted by Gasteiger charge is -2.33. The SMILES string of the molecule is CN1CCN(c2nc(N(C)C)nc3c2ncn3C)CC1.Cl.Cl. The van der Waals surface area contributed by atoms with Crippen LogP contribution in [0.25, 0.3) is 11.2 Å². The molecule has 0 saturated carbocycles. The van der Waals surface area contributed by atoms with Crippen molar-refractivity contribution >= 4 is 47.7 Å². The van der Waals surface area contributed by atoms with Crippen LogP contribution < -0.4 is 9.80 Å². The molecule has 0 unspecified atom stereocenters. The predicted molar refractivity (Wildman–Crippen MR) is 94.8 cm³/mol. The topological polar surface area (TPSA) is 53.3 Å². The van der Waals surface area contributed by atoms with Gasteiger partial charge in [-0.3, -0.25) is 0 Å². The lowest BCUT2D eigenvalue weighted by molar-refractivity contribution is 0.312. The monoisotopic (exact) mass is 347 g/mol. The van der Waals surface area contributed by atoms with Crippen molar-refractivity contribution in [3.05, 3.63) is 6.33 Å². The van der Waals surface area contributed by atoms with Gasteiger partial charge in [-0.05, 0) is 7.05 Å². The highest BCUT2D eigenvalue weighted by Crippen LogP contribution is 2.25. The van der Waals surface area contributed by atoms with Crippen LogP contribution in [-0.4, -0.2) is 71.7 Å². The van der Waals surface area contributed by atoms with Crippen molar-refractivity contribution in [2.24, 2.45) is 7.05 Å². The third-order valence-electron chi connectivity index (χ3n) is 3.73. The second-order valence-electron chi connectivity index (χ2n) is 5.56. The molecule has 0 spiro atoms. The Labute approximate surface area is 143 Å². The van der Waals surface area contributed by atoms with Gasteiger partial charge < -0.3 is 19.3 Å². The summed E-state index contributed by atoms with van der Waals surface area (Å²) in [6.45, 7) is 4.06. The van der Waals surface area contributed by atoms with E-state index in [1.165, 1.54) is 0 Å². The summed E-state index contributed by atoms with van der Waals surface area (Å²) in [7, 11) is 8.05. The molecular formula is C13H23Cl2N7. The normalized spacial score (nSPS) is 15.4. The first-order valence-corrected chi connectivity index (χ1v) is 6.86. The minimum Gasteiger partial charge on any atom is -0.352 e. The van der Waals surface area contributed by atoms with E-state index in [-0.39, 0.29) is 24.8 Å². The fourth-order valence-corrected chi connectivity index (χ4v) is 2.42. The van der Waals surface area contributed by atoms with Gasteiger partial charge in [0, 0.05) is 47.3 Å². The van der Waals surface area contributed by atoms with Crippen molar-refractivity contribution < 1.29 is 0 Å². The lowest BCUT2D eigenvalue weighted by Crippen LogP contribution is -2.45. The van der Waals surface area contributed by atoms with Crippen molar-refractivity contribution in [1.82, 2.24) is 24.4 Å². The molecule has 2 aromatic rings. The van der Waals surface area contributed by atoms with Gasteiger partial charge in [0.25, 0.3) is 0 Å². The zero-order chi connectivity index (χ0) is 14.3. The summed E-state index contributed by atoms with van der Waals surface area (Å²) in [5, 5.41) is 0. The van der Waals surface area contributed by atoms with Crippen LogP contribution in [0.5, 0.6) is 0 Å². The molecule has 0 amide bonds. The number of hydrogen-bond donors (Lipinski definition) is 0. The smallest absolute Gasteiger partial charge is 0.228 e. The Bertz CT molecular complexity index is 620. The van der Waals surface area contributed by atoms with Gasteiger partial charge in [0.15, 0.2) is 17.0 Å². The summed E-state index contributed by atoms with van der Waals surface area (Å²) >= 11 is 0. The first-order chi connectivity index (χ1) is 9.56. The second-order valence-corrected chi connectivity index (χ2v) is 5.56. The maximum Gasteiger partial charge on any atom is 0.228 e. The standard InChI is InChI=1S/C13H21N7.2ClH/c1-17(2)13-15-11-10(14-9-19(11)4)12(16-13)20-7-5-18(3)6-8-20;;/h9H,5-8H2,1-4H3;2*1H. The average molecular weight is 348 g/mol. The highest BCUT2D eigenvalue weighted by molar-refractivity contribution is 5.86. The number of halogens is 2. The largest absolute Gasteiger partial charge is 0.352 e. The van der Waals surface area contributed by atoms with Gasteiger partial charge >= 0.3 is 0 Å². The highest BCUT2D eigenvalue weighted by atomic mass is 35.5. The van der Waals surface area contributed by atoms with E-state index in [1.54, 1.807) is 6.33 Å². The molecule has 0 aromatic carbocycles. The molecular weight excluding hydrogens is 325 g/mol. The van der Waals surface area contributed by atoms with Gasteiger partial charge in [0.1, 0.15) is 0 Å². The van der Waals surface area contributed by atoms with E-state index in [1.807, 2.05) is 30.6 Å². The zero-order valence-electron chi connectivity index (χ0n) is 13.4. The summed E-state index contributed by atoms with van der Waals surface area (Å²) in [5.74, 6) is 1.68. The number of piperazine rings is 1. The molecule has 1 aliphatic rings. The molecule has 0 bridgehead atoms. The van der Waals surface area contributed by atoms with Gasteiger partial charge in [0.05, 0.1) is 6.33 Å². The Morgan fingerprint density at radius 3 is 2.23 bits per heavy atom. The van der Waals surface area contributed by atoms with E-state index >= 15 is 0 Å². The van der Waals surface area contributed by atoms with Gasteiger partial charge in [-0.1, -0.05) is 0 Å². The van der Waals surface area contributed by atoms with E-state index in [2.05, 4.69) is 26.8 Å². The first kappa shape index (κ1) is 18.7. The number of anilines is 2. The highest BCUT2D eigenvalue weighted by Gasteiger charge is 2.21. The molecule has 124 valence electrons. The third kappa shape index (κ3) is 3.37. The minimum absolute atomic E-state index is 0. The number of likely N-dealkylation sites (N-methyl/N-ethyl adjacent to an activating group) is 1. The minimum atomic E-state index is 0. The molecule has 1 fully saturated rings. The molecule has 3 rings (SSSR count). The quantitative estimate of drug-likeness (QED) is 0.808. The zero-order valence-corrected chi connectivity index (χ0v) is 15.0. The van der Waals surface area contributed by atoms with Crippen LogP contribution in [0.2, 0.25) is 0 Å². The fraction of sp³-hybridized carbons (Fsp3) is 0.615. The van der Waals surface area contributed by atoms with Crippen LogP contribution in [0.15, 0.2) is 6.33 Å². The molecule has 0 atom stereocenters. The Balaban J connectivity index is 0.00000121. The number of nitrogens with zero attached hydrogens (tertiary/aromatic N) is 7. The molecule has 0 N–H and O–H groups in total. The number of aromatic nitrogens is 4. The summed E-state index contributed by atoms with van der Waals surface area (Å²) in [6.07, 6.45) is 1.80. The van der Waals surface area contributed by atoms with Crippen molar-refractivity contribution in [2.45, 2.75) is 0 Å². The Kier molecular flexibility index (Phi) is 6.22. The summed E-state index contributed by atoms with van der Waals surface area (Å²) in [4.78, 5) is 20.3. The second kappa shape index (κ2) is 7.30. The third-order valence-corrected chi connectivity index (χ3v) is 3.73. The van der Waals surface area contributed by atoms with Crippen LogP contribution in [0.1, 0.15) is 0 Å². The molecule has 1 aliphatic heterocycles. The molecule has 1 saturated heterocycles. The Morgan fingerprint density at radius 2 is 1.64 bits per heavy atom. The number of hydrogen-bond acceptors (Lipinski definition) is 6. The summed E-state index contributed by atoms with van der Waals surface area (Å²) in [5.41, 5.74) is 1.78. The summed E-state index contributed by atoms with van der Waals surface area (Å²) < 4.78 is 1.95. The van der Waals surface area contributed by atoms with Crippen LogP contribution in [0.3, 0.4) is 0 Å².